The van der Waals surface area contributed by atoms with Crippen molar-refractivity contribution < 1.29 is 4.79 Å². The van der Waals surface area contributed by atoms with Gasteiger partial charge in [0.2, 0.25) is 0 Å². The van der Waals surface area contributed by atoms with E-state index in [1.165, 1.54) is 5.56 Å². The molecule has 2 aromatic carbocycles. The fourth-order valence-electron chi connectivity index (χ4n) is 2.46. The fraction of sp³-hybridized carbons (Fsp3) is 0.118. The first-order chi connectivity index (χ1) is 10.6. The van der Waals surface area contributed by atoms with Gasteiger partial charge in [0.15, 0.2) is 12.0 Å². The van der Waals surface area contributed by atoms with Crippen LogP contribution in [0.4, 0.5) is 0 Å². The van der Waals surface area contributed by atoms with Crippen LogP contribution in [0.3, 0.4) is 0 Å². The minimum absolute atomic E-state index is 0.308. The first-order valence-electron chi connectivity index (χ1n) is 6.84. The maximum atomic E-state index is 11.3. The third-order valence-corrected chi connectivity index (χ3v) is 3.76. The lowest BCUT2D eigenvalue weighted by Crippen LogP contribution is -2.02. The summed E-state index contributed by atoms with van der Waals surface area (Å²) < 4.78 is 1.70. The Kier molecular flexibility index (Phi) is 3.77. The van der Waals surface area contributed by atoms with E-state index in [9.17, 15) is 4.79 Å². The van der Waals surface area contributed by atoms with Gasteiger partial charge in [-0.2, -0.15) is 0 Å². The smallest absolute Gasteiger partial charge is 0.172 e. The number of rotatable bonds is 3. The minimum atomic E-state index is 0.308. The summed E-state index contributed by atoms with van der Waals surface area (Å²) in [6.45, 7) is 4.05. The highest BCUT2D eigenvalue weighted by molar-refractivity contribution is 6.30. The second-order valence-corrected chi connectivity index (χ2v) is 5.59. The van der Waals surface area contributed by atoms with Crippen molar-refractivity contribution in [1.82, 2.24) is 15.0 Å². The van der Waals surface area contributed by atoms with Gasteiger partial charge >= 0.3 is 0 Å². The Hall–Kier alpha value is -2.46. The van der Waals surface area contributed by atoms with Crippen molar-refractivity contribution in [3.05, 3.63) is 64.3 Å². The van der Waals surface area contributed by atoms with Crippen LogP contribution in [0.2, 0.25) is 5.02 Å². The molecule has 1 aromatic heterocycles. The van der Waals surface area contributed by atoms with Gasteiger partial charge in [0.25, 0.3) is 0 Å². The van der Waals surface area contributed by atoms with E-state index >= 15 is 0 Å². The molecule has 0 aliphatic carbocycles. The number of hydrogen-bond acceptors (Lipinski definition) is 3. The van der Waals surface area contributed by atoms with Gasteiger partial charge in [-0.15, -0.1) is 5.10 Å². The van der Waals surface area contributed by atoms with E-state index in [1.807, 2.05) is 38.1 Å². The van der Waals surface area contributed by atoms with Gasteiger partial charge in [0.1, 0.15) is 5.69 Å². The maximum Gasteiger partial charge on any atom is 0.172 e. The number of benzene rings is 2. The van der Waals surface area contributed by atoms with Crippen molar-refractivity contribution in [2.45, 2.75) is 13.8 Å². The molecule has 0 aliphatic heterocycles. The molecular formula is C17H14ClN3O. The van der Waals surface area contributed by atoms with E-state index in [0.29, 0.717) is 16.4 Å². The number of halogens is 1. The lowest BCUT2D eigenvalue weighted by molar-refractivity contribution is 0.111. The molecule has 110 valence electrons. The molecule has 0 unspecified atom stereocenters. The molecule has 0 amide bonds. The average Bonchev–Trinajstić information content (AvgIpc) is 2.92. The van der Waals surface area contributed by atoms with E-state index in [-0.39, 0.29) is 0 Å². The maximum absolute atomic E-state index is 11.3. The summed E-state index contributed by atoms with van der Waals surface area (Å²) in [5.74, 6) is 0. The van der Waals surface area contributed by atoms with Crippen LogP contribution in [0.25, 0.3) is 16.9 Å². The SMILES string of the molecule is Cc1ccc(-n2nnc(C=O)c2-c2ccc(Cl)cc2)c(C)c1. The van der Waals surface area contributed by atoms with Gasteiger partial charge in [0.05, 0.1) is 5.69 Å². The van der Waals surface area contributed by atoms with Gasteiger partial charge in [-0.3, -0.25) is 4.79 Å². The molecule has 3 aromatic rings. The predicted octanol–water partition coefficient (Wildman–Crippen LogP) is 4.02. The Balaban J connectivity index is 2.23. The molecule has 0 saturated heterocycles. The van der Waals surface area contributed by atoms with Crippen molar-refractivity contribution in [2.24, 2.45) is 0 Å². The quantitative estimate of drug-likeness (QED) is 0.686. The molecule has 4 nitrogen and oxygen atoms in total. The van der Waals surface area contributed by atoms with E-state index in [0.717, 1.165) is 23.1 Å². The van der Waals surface area contributed by atoms with Crippen LogP contribution < -0.4 is 0 Å². The topological polar surface area (TPSA) is 47.8 Å². The van der Waals surface area contributed by atoms with E-state index in [1.54, 1.807) is 16.8 Å². The zero-order valence-corrected chi connectivity index (χ0v) is 13.0. The highest BCUT2D eigenvalue weighted by Gasteiger charge is 2.17. The second-order valence-electron chi connectivity index (χ2n) is 5.15. The third-order valence-electron chi connectivity index (χ3n) is 3.51. The standard InChI is InChI=1S/C17H14ClN3O/c1-11-3-8-16(12(2)9-11)21-17(15(10-22)19-20-21)13-4-6-14(18)7-5-13/h3-10H,1-2H3. The fourth-order valence-corrected chi connectivity index (χ4v) is 2.59. The molecule has 0 aliphatic rings. The molecule has 0 N–H and O–H groups in total. The monoisotopic (exact) mass is 311 g/mol. The first-order valence-corrected chi connectivity index (χ1v) is 7.22. The molecule has 0 atom stereocenters. The van der Waals surface area contributed by atoms with Gasteiger partial charge in [-0.1, -0.05) is 46.6 Å². The molecule has 0 radical (unpaired) electrons. The minimum Gasteiger partial charge on any atom is -0.296 e. The normalized spacial score (nSPS) is 10.7. The van der Waals surface area contributed by atoms with E-state index in [2.05, 4.69) is 16.4 Å². The Bertz CT molecular complexity index is 838. The Labute approximate surface area is 133 Å². The summed E-state index contributed by atoms with van der Waals surface area (Å²) in [7, 11) is 0. The molecule has 0 spiro atoms. The van der Waals surface area contributed by atoms with Crippen molar-refractivity contribution in [3.63, 3.8) is 0 Å². The van der Waals surface area contributed by atoms with Crippen LogP contribution in [0.15, 0.2) is 42.5 Å². The van der Waals surface area contributed by atoms with Crippen molar-refractivity contribution in [2.75, 3.05) is 0 Å². The van der Waals surface area contributed by atoms with Gasteiger partial charge in [0, 0.05) is 10.6 Å². The van der Waals surface area contributed by atoms with Crippen molar-refractivity contribution in [1.29, 1.82) is 0 Å². The average molecular weight is 312 g/mol. The lowest BCUT2D eigenvalue weighted by atomic mass is 10.1. The zero-order valence-electron chi connectivity index (χ0n) is 12.2. The summed E-state index contributed by atoms with van der Waals surface area (Å²) in [6.07, 6.45) is 0.719. The third kappa shape index (κ3) is 2.53. The molecule has 0 bridgehead atoms. The number of carbonyl (C=O) groups is 1. The van der Waals surface area contributed by atoms with E-state index in [4.69, 9.17) is 11.6 Å². The van der Waals surface area contributed by atoms with Gasteiger partial charge in [-0.05, 0) is 37.6 Å². The highest BCUT2D eigenvalue weighted by Crippen LogP contribution is 2.27. The summed E-state index contributed by atoms with van der Waals surface area (Å²) >= 11 is 5.94. The predicted molar refractivity (Wildman–Crippen MR) is 86.7 cm³/mol. The number of hydrogen-bond donors (Lipinski definition) is 0. The van der Waals surface area contributed by atoms with Crippen LogP contribution in [-0.4, -0.2) is 21.3 Å². The van der Waals surface area contributed by atoms with E-state index < -0.39 is 0 Å². The number of aldehydes is 1. The highest BCUT2D eigenvalue weighted by atomic mass is 35.5. The van der Waals surface area contributed by atoms with Crippen molar-refractivity contribution in [3.8, 4) is 16.9 Å². The first kappa shape index (κ1) is 14.5. The molecule has 5 heteroatoms. The molecule has 1 heterocycles. The second kappa shape index (κ2) is 5.73. The van der Waals surface area contributed by atoms with Crippen LogP contribution in [0.5, 0.6) is 0 Å². The Morgan fingerprint density at radius 3 is 2.45 bits per heavy atom. The zero-order chi connectivity index (χ0) is 15.7. The number of aromatic nitrogens is 3. The summed E-state index contributed by atoms with van der Waals surface area (Å²) in [5, 5.41) is 8.77. The number of aryl methyl sites for hydroxylation is 2. The van der Waals surface area contributed by atoms with Crippen LogP contribution >= 0.6 is 11.6 Å². The number of carbonyl (C=O) groups excluding carboxylic acids is 1. The molecular weight excluding hydrogens is 298 g/mol. The molecule has 3 rings (SSSR count). The van der Waals surface area contributed by atoms with Crippen LogP contribution in [0, 0.1) is 13.8 Å². The Morgan fingerprint density at radius 1 is 1.09 bits per heavy atom. The van der Waals surface area contributed by atoms with Crippen LogP contribution in [-0.2, 0) is 0 Å². The van der Waals surface area contributed by atoms with Crippen LogP contribution in [0.1, 0.15) is 21.6 Å². The molecule has 0 saturated carbocycles. The number of nitrogens with zero attached hydrogens (tertiary/aromatic N) is 3. The van der Waals surface area contributed by atoms with Gasteiger partial charge < -0.3 is 0 Å². The van der Waals surface area contributed by atoms with Gasteiger partial charge in [-0.25, -0.2) is 4.68 Å². The molecule has 22 heavy (non-hydrogen) atoms. The summed E-state index contributed by atoms with van der Waals surface area (Å²) in [5.41, 5.74) is 4.95. The van der Waals surface area contributed by atoms with Crippen molar-refractivity contribution >= 4 is 17.9 Å². The summed E-state index contributed by atoms with van der Waals surface area (Å²) in [4.78, 5) is 11.3. The Morgan fingerprint density at radius 2 is 1.82 bits per heavy atom. The summed E-state index contributed by atoms with van der Waals surface area (Å²) in [6, 6.07) is 13.3. The lowest BCUT2D eigenvalue weighted by Gasteiger charge is -2.10. The largest absolute Gasteiger partial charge is 0.296 e. The molecule has 0 fully saturated rings.